The number of ether oxygens (including phenoxy) is 2. The Morgan fingerprint density at radius 2 is 1.52 bits per heavy atom. The van der Waals surface area contributed by atoms with Gasteiger partial charge in [0.15, 0.2) is 0 Å². The predicted octanol–water partition coefficient (Wildman–Crippen LogP) is 6.37. The van der Waals surface area contributed by atoms with Gasteiger partial charge in [0.05, 0.1) is 12.2 Å². The minimum absolute atomic E-state index is 0.167. The average molecular weight is 377 g/mol. The summed E-state index contributed by atoms with van der Waals surface area (Å²) in [7, 11) is 1.66. The Morgan fingerprint density at radius 3 is 2.00 bits per heavy atom. The predicted molar refractivity (Wildman–Crippen MR) is 113 cm³/mol. The molecule has 1 rings (SSSR count). The molecule has 0 aromatic heterocycles. The van der Waals surface area contributed by atoms with Crippen LogP contribution < -0.4 is 0 Å². The summed E-state index contributed by atoms with van der Waals surface area (Å²) in [6, 6.07) is 6.30. The molecule has 1 atom stereocenters. The third-order valence-electron chi connectivity index (χ3n) is 4.86. The molecule has 0 aliphatic carbocycles. The number of carbonyl (C=O) groups is 1. The van der Waals surface area contributed by atoms with Crippen molar-refractivity contribution in [1.82, 2.24) is 0 Å². The highest BCUT2D eigenvalue weighted by molar-refractivity contribution is 5.90. The number of carbonyl (C=O) groups excluding carboxylic acids is 1. The van der Waals surface area contributed by atoms with Gasteiger partial charge in [-0.1, -0.05) is 53.0 Å². The van der Waals surface area contributed by atoms with E-state index in [1.165, 1.54) is 11.1 Å². The van der Waals surface area contributed by atoms with Crippen molar-refractivity contribution < 1.29 is 14.3 Å². The van der Waals surface area contributed by atoms with E-state index in [-0.39, 0.29) is 12.1 Å². The fourth-order valence-electron chi connectivity index (χ4n) is 3.27. The van der Waals surface area contributed by atoms with Crippen molar-refractivity contribution in [3.05, 3.63) is 34.9 Å². The van der Waals surface area contributed by atoms with Crippen LogP contribution in [0.2, 0.25) is 0 Å². The molecule has 27 heavy (non-hydrogen) atoms. The molecule has 0 aliphatic rings. The molecule has 3 nitrogen and oxygen atoms in total. The van der Waals surface area contributed by atoms with E-state index in [4.69, 9.17) is 9.47 Å². The Bertz CT molecular complexity index is 510. The molecule has 3 heteroatoms. The monoisotopic (exact) mass is 376 g/mol. The standard InChI is InChI=1S/C24H40O3/c1-6-8-12-20-15-21(13-9-7-2)17-22(16-20)24(25)27-23(18-26-5)14-10-11-19(3)4/h15-17,19,23H,6-14,18H2,1-5H3. The number of hydrogen-bond donors (Lipinski definition) is 0. The zero-order valence-electron chi connectivity index (χ0n) is 18.2. The van der Waals surface area contributed by atoms with Gasteiger partial charge in [0.25, 0.3) is 0 Å². The first-order valence-corrected chi connectivity index (χ1v) is 10.8. The lowest BCUT2D eigenvalue weighted by Crippen LogP contribution is -2.23. The van der Waals surface area contributed by atoms with Crippen LogP contribution in [0.15, 0.2) is 18.2 Å². The number of benzene rings is 1. The number of methoxy groups -OCH3 is 1. The van der Waals surface area contributed by atoms with Gasteiger partial charge in [0.2, 0.25) is 0 Å². The lowest BCUT2D eigenvalue weighted by Gasteiger charge is -2.18. The molecule has 0 heterocycles. The maximum absolute atomic E-state index is 12.8. The molecular weight excluding hydrogens is 336 g/mol. The molecule has 1 aromatic rings. The highest BCUT2D eigenvalue weighted by Crippen LogP contribution is 2.18. The van der Waals surface area contributed by atoms with Crippen molar-refractivity contribution in [2.75, 3.05) is 13.7 Å². The summed E-state index contributed by atoms with van der Waals surface area (Å²) in [5.41, 5.74) is 3.20. The van der Waals surface area contributed by atoms with Crippen LogP contribution in [-0.2, 0) is 22.3 Å². The third-order valence-corrected chi connectivity index (χ3v) is 4.86. The largest absolute Gasteiger partial charge is 0.456 e. The van der Waals surface area contributed by atoms with E-state index >= 15 is 0 Å². The SMILES string of the molecule is CCCCc1cc(CCCC)cc(C(=O)OC(CCCC(C)C)COC)c1. The quantitative estimate of drug-likeness (QED) is 0.354. The molecule has 0 fully saturated rings. The van der Waals surface area contributed by atoms with Crippen molar-refractivity contribution >= 4 is 5.97 Å². The molecule has 0 bridgehead atoms. The summed E-state index contributed by atoms with van der Waals surface area (Å²) in [5, 5.41) is 0. The molecule has 1 aromatic carbocycles. The van der Waals surface area contributed by atoms with Gasteiger partial charge in [0.1, 0.15) is 6.10 Å². The second kappa shape index (κ2) is 13.8. The Hall–Kier alpha value is -1.35. The Kier molecular flexibility index (Phi) is 12.1. The van der Waals surface area contributed by atoms with E-state index in [2.05, 4.69) is 33.8 Å². The van der Waals surface area contributed by atoms with Crippen LogP contribution in [0.4, 0.5) is 0 Å². The summed E-state index contributed by atoms with van der Waals surface area (Å²) in [5.74, 6) is 0.456. The molecule has 0 saturated heterocycles. The maximum Gasteiger partial charge on any atom is 0.338 e. The van der Waals surface area contributed by atoms with E-state index < -0.39 is 0 Å². The van der Waals surface area contributed by atoms with E-state index in [1.807, 2.05) is 12.1 Å². The summed E-state index contributed by atoms with van der Waals surface area (Å²) >= 11 is 0. The lowest BCUT2D eigenvalue weighted by molar-refractivity contribution is 0.00217. The Morgan fingerprint density at radius 1 is 0.926 bits per heavy atom. The van der Waals surface area contributed by atoms with E-state index in [1.54, 1.807) is 7.11 Å². The van der Waals surface area contributed by atoms with Gasteiger partial charge >= 0.3 is 5.97 Å². The first-order valence-electron chi connectivity index (χ1n) is 10.8. The smallest absolute Gasteiger partial charge is 0.338 e. The van der Waals surface area contributed by atoms with E-state index in [9.17, 15) is 4.79 Å². The molecule has 1 unspecified atom stereocenters. The second-order valence-corrected chi connectivity index (χ2v) is 8.05. The van der Waals surface area contributed by atoms with Crippen molar-refractivity contribution in [3.8, 4) is 0 Å². The van der Waals surface area contributed by atoms with Crippen molar-refractivity contribution in [2.45, 2.75) is 91.6 Å². The normalized spacial score (nSPS) is 12.4. The van der Waals surface area contributed by atoms with E-state index in [0.717, 1.165) is 57.8 Å². The van der Waals surface area contributed by atoms with Gasteiger partial charge in [-0.3, -0.25) is 0 Å². The van der Waals surface area contributed by atoms with Crippen LogP contribution in [0.25, 0.3) is 0 Å². The third kappa shape index (κ3) is 9.95. The zero-order chi connectivity index (χ0) is 20.1. The fourth-order valence-corrected chi connectivity index (χ4v) is 3.27. The summed E-state index contributed by atoms with van der Waals surface area (Å²) in [4.78, 5) is 12.8. The van der Waals surface area contributed by atoms with Crippen molar-refractivity contribution in [2.24, 2.45) is 5.92 Å². The minimum Gasteiger partial charge on any atom is -0.456 e. The van der Waals surface area contributed by atoms with Gasteiger partial charge in [-0.25, -0.2) is 4.79 Å². The topological polar surface area (TPSA) is 35.5 Å². The highest BCUT2D eigenvalue weighted by atomic mass is 16.6. The molecule has 154 valence electrons. The minimum atomic E-state index is -0.210. The number of aryl methyl sites for hydroxylation is 2. The van der Waals surface area contributed by atoms with Gasteiger partial charge in [-0.05, 0) is 67.7 Å². The molecule has 0 aliphatic heterocycles. The van der Waals surface area contributed by atoms with Crippen LogP contribution in [0.3, 0.4) is 0 Å². The molecule has 0 N–H and O–H groups in total. The maximum atomic E-state index is 12.8. The van der Waals surface area contributed by atoms with Gasteiger partial charge in [-0.2, -0.15) is 0 Å². The van der Waals surface area contributed by atoms with Crippen LogP contribution in [0.5, 0.6) is 0 Å². The lowest BCUT2D eigenvalue weighted by atomic mass is 9.98. The number of esters is 1. The molecule has 0 radical (unpaired) electrons. The fraction of sp³-hybridized carbons (Fsp3) is 0.708. The summed E-state index contributed by atoms with van der Waals surface area (Å²) < 4.78 is 11.1. The van der Waals surface area contributed by atoms with E-state index in [0.29, 0.717) is 18.1 Å². The number of rotatable bonds is 14. The van der Waals surface area contributed by atoms with Crippen molar-refractivity contribution in [3.63, 3.8) is 0 Å². The highest BCUT2D eigenvalue weighted by Gasteiger charge is 2.17. The first kappa shape index (κ1) is 23.7. The number of unbranched alkanes of at least 4 members (excludes halogenated alkanes) is 2. The van der Waals surface area contributed by atoms with Gasteiger partial charge in [-0.15, -0.1) is 0 Å². The number of hydrogen-bond acceptors (Lipinski definition) is 3. The molecular formula is C24H40O3. The molecule has 0 saturated carbocycles. The average Bonchev–Trinajstić information content (AvgIpc) is 2.64. The van der Waals surface area contributed by atoms with Crippen molar-refractivity contribution in [1.29, 1.82) is 0 Å². The summed E-state index contributed by atoms with van der Waals surface area (Å²) in [6.45, 7) is 9.29. The Balaban J connectivity index is 2.83. The zero-order valence-corrected chi connectivity index (χ0v) is 18.2. The van der Waals surface area contributed by atoms with Crippen LogP contribution in [-0.4, -0.2) is 25.8 Å². The molecule has 0 amide bonds. The molecule has 0 spiro atoms. The first-order chi connectivity index (χ1) is 13.0. The summed E-state index contributed by atoms with van der Waals surface area (Å²) in [6.07, 6.45) is 9.54. The van der Waals surface area contributed by atoms with Crippen LogP contribution >= 0.6 is 0 Å². The Labute approximate surface area is 166 Å². The second-order valence-electron chi connectivity index (χ2n) is 8.05. The van der Waals surface area contributed by atoms with Crippen LogP contribution in [0.1, 0.15) is 94.1 Å². The van der Waals surface area contributed by atoms with Crippen LogP contribution in [0, 0.1) is 5.92 Å². The van der Waals surface area contributed by atoms with Gasteiger partial charge in [0, 0.05) is 7.11 Å². The van der Waals surface area contributed by atoms with Gasteiger partial charge < -0.3 is 9.47 Å².